The van der Waals surface area contributed by atoms with Gasteiger partial charge in [-0.2, -0.15) is 0 Å². The van der Waals surface area contributed by atoms with Crippen LogP contribution in [0.25, 0.3) is 28.2 Å². The summed E-state index contributed by atoms with van der Waals surface area (Å²) in [5.41, 5.74) is 4.18. The zero-order chi connectivity index (χ0) is 25.6. The Kier molecular flexibility index (Phi) is 7.05. The number of nitro groups is 1. The van der Waals surface area contributed by atoms with Crippen LogP contribution < -0.4 is 5.32 Å². The number of amides is 1. The van der Waals surface area contributed by atoms with E-state index in [0.29, 0.717) is 16.5 Å². The Morgan fingerprint density at radius 3 is 2.16 bits per heavy atom. The van der Waals surface area contributed by atoms with Gasteiger partial charge in [0.2, 0.25) is 5.91 Å². The first-order valence-electron chi connectivity index (χ1n) is 11.4. The van der Waals surface area contributed by atoms with Gasteiger partial charge in [0.25, 0.3) is 5.69 Å². The molecule has 8 nitrogen and oxygen atoms in total. The molecule has 0 saturated heterocycles. The first-order valence-corrected chi connectivity index (χ1v) is 12.4. The van der Waals surface area contributed by atoms with E-state index >= 15 is 0 Å². The van der Waals surface area contributed by atoms with Crippen LogP contribution in [0.2, 0.25) is 0 Å². The lowest BCUT2D eigenvalue weighted by atomic mass is 10.0. The number of carbonyl (C=O) groups is 1. The second kappa shape index (κ2) is 10.9. The van der Waals surface area contributed by atoms with Crippen molar-refractivity contribution in [3.63, 3.8) is 0 Å². The molecule has 0 aliphatic heterocycles. The number of aromatic nitrogens is 3. The van der Waals surface area contributed by atoms with Crippen LogP contribution in [0, 0.1) is 10.1 Å². The Hall–Kier alpha value is -4.76. The maximum absolute atomic E-state index is 12.9. The molecule has 0 fully saturated rings. The number of thioether (sulfide) groups is 1. The molecule has 5 aromatic rings. The van der Waals surface area contributed by atoms with Crippen molar-refractivity contribution in [1.82, 2.24) is 14.8 Å². The summed E-state index contributed by atoms with van der Waals surface area (Å²) in [6.45, 7) is 0. The molecule has 0 atom stereocenters. The topological polar surface area (TPSA) is 103 Å². The van der Waals surface area contributed by atoms with Crippen molar-refractivity contribution in [3.8, 4) is 28.2 Å². The van der Waals surface area contributed by atoms with Crippen LogP contribution in [0.1, 0.15) is 0 Å². The summed E-state index contributed by atoms with van der Waals surface area (Å²) in [6, 6.07) is 33.2. The minimum atomic E-state index is -0.443. The van der Waals surface area contributed by atoms with E-state index in [2.05, 4.69) is 15.5 Å². The first kappa shape index (κ1) is 24.0. The van der Waals surface area contributed by atoms with Gasteiger partial charge in [-0.15, -0.1) is 10.2 Å². The summed E-state index contributed by atoms with van der Waals surface area (Å²) >= 11 is 1.26. The highest BCUT2D eigenvalue weighted by molar-refractivity contribution is 7.99. The smallest absolute Gasteiger partial charge is 0.269 e. The molecule has 0 spiro atoms. The fraction of sp³-hybridized carbons (Fsp3) is 0.0357. The van der Waals surface area contributed by atoms with Gasteiger partial charge in [-0.25, -0.2) is 0 Å². The van der Waals surface area contributed by atoms with Crippen LogP contribution in [-0.2, 0) is 4.79 Å². The molecule has 5 rings (SSSR count). The Balaban J connectivity index is 1.38. The molecule has 0 aliphatic rings. The van der Waals surface area contributed by atoms with Crippen molar-refractivity contribution in [2.75, 3.05) is 11.1 Å². The molecule has 1 aromatic heterocycles. The van der Waals surface area contributed by atoms with E-state index in [1.165, 1.54) is 23.9 Å². The van der Waals surface area contributed by atoms with E-state index < -0.39 is 4.92 Å². The van der Waals surface area contributed by atoms with Crippen LogP contribution in [0.3, 0.4) is 0 Å². The number of nitrogens with one attached hydrogen (secondary N) is 1. The quantitative estimate of drug-likeness (QED) is 0.151. The number of anilines is 1. The average Bonchev–Trinajstić information content (AvgIpc) is 3.37. The van der Waals surface area contributed by atoms with Crippen LogP contribution in [0.5, 0.6) is 0 Å². The van der Waals surface area contributed by atoms with Gasteiger partial charge in [0.05, 0.1) is 10.7 Å². The molecular formula is C28H21N5O3S. The summed E-state index contributed by atoms with van der Waals surface area (Å²) in [4.78, 5) is 23.6. The summed E-state index contributed by atoms with van der Waals surface area (Å²) < 4.78 is 1.84. The Morgan fingerprint density at radius 2 is 1.46 bits per heavy atom. The van der Waals surface area contributed by atoms with Gasteiger partial charge in [-0.1, -0.05) is 78.5 Å². The van der Waals surface area contributed by atoms with Crippen molar-refractivity contribution in [2.24, 2.45) is 0 Å². The van der Waals surface area contributed by atoms with E-state index in [-0.39, 0.29) is 17.3 Å². The highest BCUT2D eigenvalue weighted by Gasteiger charge is 2.18. The molecule has 4 aromatic carbocycles. The largest absolute Gasteiger partial charge is 0.325 e. The number of hydrogen-bond donors (Lipinski definition) is 1. The Bertz CT molecular complexity index is 1540. The predicted molar refractivity (Wildman–Crippen MR) is 145 cm³/mol. The molecule has 0 bridgehead atoms. The minimum Gasteiger partial charge on any atom is -0.325 e. The van der Waals surface area contributed by atoms with Gasteiger partial charge >= 0.3 is 0 Å². The molecule has 0 radical (unpaired) electrons. The van der Waals surface area contributed by atoms with Crippen molar-refractivity contribution in [3.05, 3.63) is 119 Å². The third-order valence-electron chi connectivity index (χ3n) is 5.60. The van der Waals surface area contributed by atoms with Crippen LogP contribution in [0.15, 0.2) is 114 Å². The van der Waals surface area contributed by atoms with E-state index in [9.17, 15) is 14.9 Å². The molecule has 9 heteroatoms. The lowest BCUT2D eigenvalue weighted by molar-refractivity contribution is -0.384. The summed E-state index contributed by atoms with van der Waals surface area (Å²) in [7, 11) is 0. The molecule has 1 amide bonds. The average molecular weight is 508 g/mol. The maximum Gasteiger partial charge on any atom is 0.269 e. The molecule has 0 unspecified atom stereocenters. The molecule has 182 valence electrons. The highest BCUT2D eigenvalue weighted by atomic mass is 32.2. The highest BCUT2D eigenvalue weighted by Crippen LogP contribution is 2.30. The van der Waals surface area contributed by atoms with E-state index in [1.54, 1.807) is 12.1 Å². The fourth-order valence-electron chi connectivity index (χ4n) is 3.87. The Morgan fingerprint density at radius 1 is 0.811 bits per heavy atom. The molecular weight excluding hydrogens is 486 g/mol. The van der Waals surface area contributed by atoms with Crippen molar-refractivity contribution >= 4 is 29.0 Å². The van der Waals surface area contributed by atoms with Crippen molar-refractivity contribution < 1.29 is 9.72 Å². The second-order valence-electron chi connectivity index (χ2n) is 8.03. The molecule has 1 N–H and O–H groups in total. The number of para-hydroxylation sites is 2. The van der Waals surface area contributed by atoms with Crippen molar-refractivity contribution in [1.29, 1.82) is 0 Å². The van der Waals surface area contributed by atoms with E-state index in [0.717, 1.165) is 22.5 Å². The van der Waals surface area contributed by atoms with Gasteiger partial charge < -0.3 is 5.32 Å². The van der Waals surface area contributed by atoms with Crippen LogP contribution >= 0.6 is 11.8 Å². The van der Waals surface area contributed by atoms with Gasteiger partial charge in [0.15, 0.2) is 11.0 Å². The predicted octanol–water partition coefficient (Wildman–Crippen LogP) is 6.24. The third-order valence-corrected chi connectivity index (χ3v) is 6.53. The number of benzene rings is 4. The van der Waals surface area contributed by atoms with E-state index in [4.69, 9.17) is 0 Å². The molecule has 1 heterocycles. The number of nitro benzene ring substituents is 1. The lowest BCUT2D eigenvalue weighted by Crippen LogP contribution is -2.15. The fourth-order valence-corrected chi connectivity index (χ4v) is 4.62. The zero-order valence-corrected chi connectivity index (χ0v) is 20.3. The molecule has 37 heavy (non-hydrogen) atoms. The SMILES string of the molecule is O=C(CSc1nnc(-c2ccc([N+](=O)[O-])cc2)n1-c1ccccc1)Nc1ccccc1-c1ccccc1. The first-order chi connectivity index (χ1) is 18.1. The number of non-ortho nitro benzene ring substituents is 1. The second-order valence-corrected chi connectivity index (χ2v) is 8.97. The monoisotopic (exact) mass is 507 g/mol. The van der Waals surface area contributed by atoms with Gasteiger partial charge in [-0.05, 0) is 35.9 Å². The molecule has 0 aliphatic carbocycles. The number of nitrogens with zero attached hydrogens (tertiary/aromatic N) is 4. The minimum absolute atomic E-state index is 0.00317. The van der Waals surface area contributed by atoms with Crippen LogP contribution in [-0.4, -0.2) is 31.3 Å². The Labute approximate surface area is 217 Å². The number of carbonyl (C=O) groups excluding carboxylic acids is 1. The third kappa shape index (κ3) is 5.41. The molecule has 0 saturated carbocycles. The standard InChI is InChI=1S/C28H21N5O3S/c34-26(29-25-14-8-7-13-24(25)20-9-3-1-4-10-20)19-37-28-31-30-27(32(28)22-11-5-2-6-12-22)21-15-17-23(18-16-21)33(35)36/h1-18H,19H2,(H,29,34). The number of rotatable bonds is 8. The van der Waals surface area contributed by atoms with Gasteiger partial charge in [0.1, 0.15) is 0 Å². The number of hydrogen-bond acceptors (Lipinski definition) is 6. The summed E-state index contributed by atoms with van der Waals surface area (Å²) in [5.74, 6) is 0.472. The lowest BCUT2D eigenvalue weighted by Gasteiger charge is -2.12. The maximum atomic E-state index is 12.9. The van der Waals surface area contributed by atoms with E-state index in [1.807, 2.05) is 89.5 Å². The normalized spacial score (nSPS) is 10.7. The summed E-state index contributed by atoms with van der Waals surface area (Å²) in [5, 5.41) is 23.3. The van der Waals surface area contributed by atoms with Crippen LogP contribution in [0.4, 0.5) is 11.4 Å². The summed E-state index contributed by atoms with van der Waals surface area (Å²) in [6.07, 6.45) is 0. The zero-order valence-electron chi connectivity index (χ0n) is 19.5. The van der Waals surface area contributed by atoms with Gasteiger partial charge in [-0.3, -0.25) is 19.5 Å². The van der Waals surface area contributed by atoms with Gasteiger partial charge in [0, 0.05) is 34.6 Å². The van der Waals surface area contributed by atoms with Crippen molar-refractivity contribution in [2.45, 2.75) is 5.16 Å².